The van der Waals surface area contributed by atoms with Gasteiger partial charge in [-0.15, -0.1) is 0 Å². The van der Waals surface area contributed by atoms with E-state index in [0.717, 1.165) is 5.75 Å². The molecule has 0 radical (unpaired) electrons. The van der Waals surface area contributed by atoms with Crippen LogP contribution in [0.1, 0.15) is 0 Å². The SMILES string of the molecule is c1ccc(OB2Oc3ccccc3O2)cc1. The van der Waals surface area contributed by atoms with Crippen LogP contribution in [0.2, 0.25) is 0 Å². The van der Waals surface area contributed by atoms with E-state index in [4.69, 9.17) is 14.0 Å². The van der Waals surface area contributed by atoms with Gasteiger partial charge in [-0.2, -0.15) is 0 Å². The Kier molecular flexibility index (Phi) is 2.18. The third kappa shape index (κ3) is 1.69. The van der Waals surface area contributed by atoms with Crippen molar-refractivity contribution in [3.05, 3.63) is 54.6 Å². The molecular weight excluding hydrogens is 203 g/mol. The molecule has 1 heterocycles. The maximum atomic E-state index is 5.51. The van der Waals surface area contributed by atoms with E-state index in [2.05, 4.69) is 0 Å². The fraction of sp³-hybridized carbons (Fsp3) is 0. The predicted molar refractivity (Wildman–Crippen MR) is 60.5 cm³/mol. The molecule has 0 saturated heterocycles. The van der Waals surface area contributed by atoms with Crippen LogP contribution in [-0.2, 0) is 0 Å². The average molecular weight is 212 g/mol. The molecule has 0 fully saturated rings. The third-order valence-corrected chi connectivity index (χ3v) is 2.27. The first kappa shape index (κ1) is 9.15. The first-order valence-corrected chi connectivity index (χ1v) is 5.06. The van der Waals surface area contributed by atoms with Gasteiger partial charge in [0.25, 0.3) is 0 Å². The van der Waals surface area contributed by atoms with Crippen molar-refractivity contribution < 1.29 is 14.0 Å². The predicted octanol–water partition coefficient (Wildman–Crippen LogP) is 2.52. The van der Waals surface area contributed by atoms with Crippen LogP contribution in [-0.4, -0.2) is 7.32 Å². The highest BCUT2D eigenvalue weighted by Crippen LogP contribution is 2.33. The summed E-state index contributed by atoms with van der Waals surface area (Å²) in [7, 11) is -0.695. The van der Waals surface area contributed by atoms with Crippen molar-refractivity contribution in [3.63, 3.8) is 0 Å². The lowest BCUT2D eigenvalue weighted by Gasteiger charge is -2.06. The molecule has 0 amide bonds. The molecule has 0 bridgehead atoms. The molecule has 0 atom stereocenters. The third-order valence-electron chi connectivity index (χ3n) is 2.27. The summed E-state index contributed by atoms with van der Waals surface area (Å²) < 4.78 is 16.4. The zero-order chi connectivity index (χ0) is 10.8. The number of para-hydroxylation sites is 3. The summed E-state index contributed by atoms with van der Waals surface area (Å²) in [5, 5.41) is 0. The van der Waals surface area contributed by atoms with Crippen molar-refractivity contribution in [1.82, 2.24) is 0 Å². The minimum absolute atomic E-state index is 0.695. The highest BCUT2D eigenvalue weighted by molar-refractivity contribution is 6.41. The molecule has 0 N–H and O–H groups in total. The van der Waals surface area contributed by atoms with Crippen LogP contribution in [0.5, 0.6) is 17.2 Å². The maximum absolute atomic E-state index is 5.51. The van der Waals surface area contributed by atoms with Gasteiger partial charge in [0.15, 0.2) is 0 Å². The first-order chi connectivity index (χ1) is 7.92. The number of fused-ring (bicyclic) bond motifs is 1. The minimum Gasteiger partial charge on any atom is -0.490 e. The minimum atomic E-state index is -0.695. The Hall–Kier alpha value is -2.10. The van der Waals surface area contributed by atoms with Crippen LogP contribution in [0.25, 0.3) is 0 Å². The first-order valence-electron chi connectivity index (χ1n) is 5.06. The standard InChI is InChI=1S/C12H9BO3/c1-2-6-10(7-3-1)14-13-15-11-8-4-5-9-12(11)16-13/h1-9H. The molecular formula is C12H9BO3. The molecule has 0 spiro atoms. The lowest BCUT2D eigenvalue weighted by Crippen LogP contribution is -2.32. The quantitative estimate of drug-likeness (QED) is 0.715. The van der Waals surface area contributed by atoms with Crippen molar-refractivity contribution in [2.45, 2.75) is 0 Å². The Morgan fingerprint density at radius 2 is 1.31 bits per heavy atom. The van der Waals surface area contributed by atoms with Crippen LogP contribution >= 0.6 is 0 Å². The Balaban J connectivity index is 1.73. The summed E-state index contributed by atoms with van der Waals surface area (Å²) in [4.78, 5) is 0. The fourth-order valence-corrected chi connectivity index (χ4v) is 1.53. The summed E-state index contributed by atoms with van der Waals surface area (Å²) in [6.45, 7) is 0. The molecule has 78 valence electrons. The van der Waals surface area contributed by atoms with Gasteiger partial charge in [-0.3, -0.25) is 0 Å². The largest absolute Gasteiger partial charge is 0.864 e. The molecule has 3 nitrogen and oxygen atoms in total. The molecule has 2 aromatic carbocycles. The smallest absolute Gasteiger partial charge is 0.490 e. The number of hydrogen-bond donors (Lipinski definition) is 0. The van der Waals surface area contributed by atoms with Gasteiger partial charge in [-0.1, -0.05) is 30.3 Å². The normalized spacial score (nSPS) is 12.6. The second kappa shape index (κ2) is 3.81. The van der Waals surface area contributed by atoms with Crippen molar-refractivity contribution >= 4 is 7.32 Å². The second-order valence-electron chi connectivity index (χ2n) is 3.40. The molecule has 3 rings (SSSR count). The van der Waals surface area contributed by atoms with Gasteiger partial charge in [0.1, 0.15) is 17.2 Å². The Morgan fingerprint density at radius 3 is 1.94 bits per heavy atom. The summed E-state index contributed by atoms with van der Waals surface area (Å²) in [6.07, 6.45) is 0. The Bertz CT molecular complexity index is 462. The van der Waals surface area contributed by atoms with E-state index in [1.54, 1.807) is 0 Å². The Labute approximate surface area is 93.8 Å². The highest BCUT2D eigenvalue weighted by Gasteiger charge is 2.37. The van der Waals surface area contributed by atoms with E-state index >= 15 is 0 Å². The number of benzene rings is 2. The monoisotopic (exact) mass is 212 g/mol. The summed E-state index contributed by atoms with van der Waals surface area (Å²) in [6, 6.07) is 16.9. The van der Waals surface area contributed by atoms with E-state index in [-0.39, 0.29) is 0 Å². The molecule has 1 aliphatic heterocycles. The van der Waals surface area contributed by atoms with E-state index in [1.807, 2.05) is 54.6 Å². The van der Waals surface area contributed by atoms with Gasteiger partial charge in [0, 0.05) is 0 Å². The number of rotatable bonds is 2. The molecule has 2 aromatic rings. The topological polar surface area (TPSA) is 27.7 Å². The van der Waals surface area contributed by atoms with Crippen LogP contribution in [0.15, 0.2) is 54.6 Å². The van der Waals surface area contributed by atoms with Gasteiger partial charge in [0.05, 0.1) is 0 Å². The fourth-order valence-electron chi connectivity index (χ4n) is 1.53. The van der Waals surface area contributed by atoms with Gasteiger partial charge in [-0.05, 0) is 24.3 Å². The molecule has 0 aromatic heterocycles. The van der Waals surface area contributed by atoms with Crippen LogP contribution in [0.3, 0.4) is 0 Å². The van der Waals surface area contributed by atoms with Crippen molar-refractivity contribution in [2.24, 2.45) is 0 Å². The van der Waals surface area contributed by atoms with Gasteiger partial charge >= 0.3 is 7.32 Å². The molecule has 4 heteroatoms. The second-order valence-corrected chi connectivity index (χ2v) is 3.40. The molecule has 1 aliphatic rings. The average Bonchev–Trinajstić information content (AvgIpc) is 2.72. The lowest BCUT2D eigenvalue weighted by molar-refractivity contribution is 0.351. The summed E-state index contributed by atoms with van der Waals surface area (Å²) >= 11 is 0. The zero-order valence-corrected chi connectivity index (χ0v) is 8.50. The van der Waals surface area contributed by atoms with Crippen LogP contribution in [0, 0.1) is 0 Å². The van der Waals surface area contributed by atoms with Crippen molar-refractivity contribution in [1.29, 1.82) is 0 Å². The highest BCUT2D eigenvalue weighted by atomic mass is 16.8. The van der Waals surface area contributed by atoms with Crippen molar-refractivity contribution in [3.8, 4) is 17.2 Å². The van der Waals surface area contributed by atoms with Gasteiger partial charge in [0.2, 0.25) is 0 Å². The van der Waals surface area contributed by atoms with Crippen LogP contribution in [0.4, 0.5) is 0 Å². The number of hydrogen-bond acceptors (Lipinski definition) is 3. The van der Waals surface area contributed by atoms with E-state index in [1.165, 1.54) is 0 Å². The van der Waals surface area contributed by atoms with Crippen molar-refractivity contribution in [2.75, 3.05) is 0 Å². The molecule has 0 unspecified atom stereocenters. The molecule has 0 saturated carbocycles. The lowest BCUT2D eigenvalue weighted by atomic mass is 10.2. The van der Waals surface area contributed by atoms with E-state index < -0.39 is 7.32 Å². The summed E-state index contributed by atoms with van der Waals surface area (Å²) in [5.41, 5.74) is 0. The van der Waals surface area contributed by atoms with E-state index in [9.17, 15) is 0 Å². The summed E-state index contributed by atoms with van der Waals surface area (Å²) in [5.74, 6) is 2.15. The van der Waals surface area contributed by atoms with Gasteiger partial charge < -0.3 is 14.0 Å². The maximum Gasteiger partial charge on any atom is 0.864 e. The van der Waals surface area contributed by atoms with E-state index in [0.29, 0.717) is 11.5 Å². The van der Waals surface area contributed by atoms with Crippen LogP contribution < -0.4 is 14.0 Å². The zero-order valence-electron chi connectivity index (χ0n) is 8.50. The molecule has 0 aliphatic carbocycles. The Morgan fingerprint density at radius 1 is 0.750 bits per heavy atom. The van der Waals surface area contributed by atoms with Gasteiger partial charge in [-0.25, -0.2) is 0 Å². The molecule has 16 heavy (non-hydrogen) atoms.